The minimum atomic E-state index is -2.60. The zero-order valence-corrected chi connectivity index (χ0v) is 6.56. The Morgan fingerprint density at radius 2 is 1.67 bits per heavy atom. The zero-order chi connectivity index (χ0) is 8.82. The summed E-state index contributed by atoms with van der Waals surface area (Å²) in [6.07, 6.45) is -0.121. The highest BCUT2D eigenvalue weighted by Gasteiger charge is 2.68. The molecule has 1 aromatic rings. The number of rotatable bonds is 1. The van der Waals surface area contributed by atoms with E-state index in [-0.39, 0.29) is 6.42 Å². The van der Waals surface area contributed by atoms with Crippen LogP contribution in [0.2, 0.25) is 0 Å². The van der Waals surface area contributed by atoms with E-state index in [0.717, 1.165) is 0 Å². The van der Waals surface area contributed by atoms with Gasteiger partial charge in [-0.05, 0) is 12.5 Å². The minimum absolute atomic E-state index is 0.121. The third-order valence-corrected chi connectivity index (χ3v) is 2.43. The summed E-state index contributed by atoms with van der Waals surface area (Å²) in [5, 5.41) is 0. The van der Waals surface area contributed by atoms with Crippen molar-refractivity contribution in [2.75, 3.05) is 0 Å². The van der Waals surface area contributed by atoms with Crippen molar-refractivity contribution in [3.05, 3.63) is 42.8 Å². The topological polar surface area (TPSA) is 0 Å². The predicted octanol–water partition coefficient (Wildman–Crippen LogP) is 2.80. The van der Waals surface area contributed by atoms with Crippen LogP contribution in [0.15, 0.2) is 30.3 Å². The van der Waals surface area contributed by atoms with Crippen LogP contribution in [-0.2, 0) is 5.41 Å². The Hall–Kier alpha value is -0.920. The van der Waals surface area contributed by atoms with Crippen molar-refractivity contribution in [2.45, 2.75) is 17.8 Å². The first kappa shape index (κ1) is 7.71. The molecule has 1 aliphatic carbocycles. The molecule has 0 aliphatic heterocycles. The number of halogens is 2. The molecule has 1 atom stereocenters. The molecule has 0 amide bonds. The highest BCUT2D eigenvalue weighted by molar-refractivity contribution is 5.38. The van der Waals surface area contributed by atoms with Gasteiger partial charge in [0.15, 0.2) is 0 Å². The van der Waals surface area contributed by atoms with Gasteiger partial charge in [0.05, 0.1) is 5.41 Å². The number of alkyl halides is 2. The highest BCUT2D eigenvalue weighted by atomic mass is 19.3. The molecule has 0 aromatic heterocycles. The second-order valence-corrected chi connectivity index (χ2v) is 3.33. The Balaban J connectivity index is 2.35. The monoisotopic (exact) mass is 167 g/mol. The molecule has 0 spiro atoms. The van der Waals surface area contributed by atoms with E-state index < -0.39 is 11.3 Å². The van der Waals surface area contributed by atoms with Gasteiger partial charge in [0, 0.05) is 6.42 Å². The summed E-state index contributed by atoms with van der Waals surface area (Å²) < 4.78 is 25.6. The maximum Gasteiger partial charge on any atom is 0.258 e. The Bertz CT molecular complexity index is 292. The fraction of sp³-hybridized carbons (Fsp3) is 0.300. The fourth-order valence-electron chi connectivity index (χ4n) is 1.41. The van der Waals surface area contributed by atoms with E-state index in [2.05, 4.69) is 6.92 Å². The molecular weight excluding hydrogens is 158 g/mol. The average molecular weight is 167 g/mol. The van der Waals surface area contributed by atoms with Crippen molar-refractivity contribution in [1.82, 2.24) is 0 Å². The first-order valence-corrected chi connectivity index (χ1v) is 3.85. The molecule has 1 radical (unpaired) electrons. The quantitative estimate of drug-likeness (QED) is 0.603. The second-order valence-electron chi connectivity index (χ2n) is 3.33. The van der Waals surface area contributed by atoms with Gasteiger partial charge in [-0.15, -0.1) is 0 Å². The van der Waals surface area contributed by atoms with Crippen LogP contribution in [0.3, 0.4) is 0 Å². The van der Waals surface area contributed by atoms with Gasteiger partial charge in [-0.2, -0.15) is 0 Å². The molecule has 2 rings (SSSR count). The van der Waals surface area contributed by atoms with Crippen molar-refractivity contribution in [3.63, 3.8) is 0 Å². The van der Waals surface area contributed by atoms with E-state index in [1.54, 1.807) is 24.3 Å². The highest BCUT2D eigenvalue weighted by Crippen LogP contribution is 2.60. The fourth-order valence-corrected chi connectivity index (χ4v) is 1.41. The van der Waals surface area contributed by atoms with Crippen LogP contribution in [0.5, 0.6) is 0 Å². The summed E-state index contributed by atoms with van der Waals surface area (Å²) in [5.74, 6) is -2.60. The van der Waals surface area contributed by atoms with E-state index in [4.69, 9.17) is 0 Å². The van der Waals surface area contributed by atoms with E-state index in [0.29, 0.717) is 5.56 Å². The lowest BCUT2D eigenvalue weighted by Crippen LogP contribution is -2.11. The number of benzene rings is 1. The van der Waals surface area contributed by atoms with Crippen molar-refractivity contribution in [3.8, 4) is 0 Å². The maximum absolute atomic E-state index is 12.8. The lowest BCUT2D eigenvalue weighted by Gasteiger charge is -2.08. The summed E-state index contributed by atoms with van der Waals surface area (Å²) >= 11 is 0. The van der Waals surface area contributed by atoms with Crippen molar-refractivity contribution >= 4 is 0 Å². The van der Waals surface area contributed by atoms with E-state index in [9.17, 15) is 8.78 Å². The van der Waals surface area contributed by atoms with Crippen LogP contribution in [0, 0.1) is 6.92 Å². The largest absolute Gasteiger partial charge is 0.258 e. The maximum atomic E-state index is 12.8. The SMILES string of the molecule is [CH2]C1(c2ccccc2)CC1(F)F. The van der Waals surface area contributed by atoms with Crippen molar-refractivity contribution < 1.29 is 8.78 Å². The molecule has 1 unspecified atom stereocenters. The third-order valence-electron chi connectivity index (χ3n) is 2.43. The van der Waals surface area contributed by atoms with Gasteiger partial charge in [0.1, 0.15) is 0 Å². The van der Waals surface area contributed by atoms with Crippen LogP contribution in [0.1, 0.15) is 12.0 Å². The minimum Gasteiger partial charge on any atom is -0.206 e. The lowest BCUT2D eigenvalue weighted by atomic mass is 9.98. The standard InChI is InChI=1S/C10H9F2/c1-9(7-10(9,11)12)8-5-3-2-4-6-8/h2-6H,1,7H2. The molecule has 63 valence electrons. The first-order chi connectivity index (χ1) is 5.56. The van der Waals surface area contributed by atoms with Crippen LogP contribution in [-0.4, -0.2) is 5.92 Å². The average Bonchev–Trinajstić information content (AvgIpc) is 2.55. The van der Waals surface area contributed by atoms with E-state index >= 15 is 0 Å². The molecular formula is C10H9F2. The Morgan fingerprint density at radius 1 is 1.17 bits per heavy atom. The zero-order valence-electron chi connectivity index (χ0n) is 6.56. The summed E-state index contributed by atoms with van der Waals surface area (Å²) in [5.41, 5.74) is -0.510. The second kappa shape index (κ2) is 2.06. The lowest BCUT2D eigenvalue weighted by molar-refractivity contribution is 0.0976. The predicted molar refractivity (Wildman–Crippen MR) is 43.0 cm³/mol. The van der Waals surface area contributed by atoms with Crippen LogP contribution >= 0.6 is 0 Å². The van der Waals surface area contributed by atoms with E-state index in [1.807, 2.05) is 6.07 Å². The van der Waals surface area contributed by atoms with Gasteiger partial charge in [0.2, 0.25) is 0 Å². The molecule has 0 N–H and O–H groups in total. The first-order valence-electron chi connectivity index (χ1n) is 3.85. The molecule has 0 bridgehead atoms. The Labute approximate surface area is 70.2 Å². The molecule has 2 heteroatoms. The molecule has 1 aromatic carbocycles. The number of hydrogen-bond acceptors (Lipinski definition) is 0. The molecule has 1 fully saturated rings. The van der Waals surface area contributed by atoms with Gasteiger partial charge in [-0.3, -0.25) is 0 Å². The van der Waals surface area contributed by atoms with Gasteiger partial charge >= 0.3 is 0 Å². The Morgan fingerprint density at radius 3 is 2.08 bits per heavy atom. The van der Waals surface area contributed by atoms with Crippen LogP contribution in [0.4, 0.5) is 8.78 Å². The summed E-state index contributed by atoms with van der Waals surface area (Å²) in [4.78, 5) is 0. The summed E-state index contributed by atoms with van der Waals surface area (Å²) in [7, 11) is 0. The van der Waals surface area contributed by atoms with E-state index in [1.165, 1.54) is 0 Å². The number of hydrogen-bond donors (Lipinski definition) is 0. The third kappa shape index (κ3) is 0.872. The molecule has 0 heterocycles. The molecule has 1 saturated carbocycles. The van der Waals surface area contributed by atoms with Gasteiger partial charge in [0.25, 0.3) is 5.92 Å². The molecule has 0 saturated heterocycles. The Kier molecular flexibility index (Phi) is 1.33. The van der Waals surface area contributed by atoms with Crippen molar-refractivity contribution in [1.29, 1.82) is 0 Å². The van der Waals surface area contributed by atoms with Gasteiger partial charge in [-0.25, -0.2) is 8.78 Å². The van der Waals surface area contributed by atoms with Crippen LogP contribution < -0.4 is 0 Å². The molecule has 12 heavy (non-hydrogen) atoms. The van der Waals surface area contributed by atoms with Crippen LogP contribution in [0.25, 0.3) is 0 Å². The summed E-state index contributed by atoms with van der Waals surface area (Å²) in [6, 6.07) is 8.74. The smallest absolute Gasteiger partial charge is 0.206 e. The van der Waals surface area contributed by atoms with Gasteiger partial charge < -0.3 is 0 Å². The summed E-state index contributed by atoms with van der Waals surface area (Å²) in [6.45, 7) is 3.55. The van der Waals surface area contributed by atoms with Crippen molar-refractivity contribution in [2.24, 2.45) is 0 Å². The molecule has 0 nitrogen and oxygen atoms in total. The van der Waals surface area contributed by atoms with Gasteiger partial charge in [-0.1, -0.05) is 30.3 Å². The molecule has 1 aliphatic rings. The normalized spacial score (nSPS) is 31.6.